The third-order valence-corrected chi connectivity index (χ3v) is 1.77. The lowest BCUT2D eigenvalue weighted by atomic mass is 9.96. The zero-order chi connectivity index (χ0) is 9.03. The first-order valence-corrected chi connectivity index (χ1v) is 3.85. The van der Waals surface area contributed by atoms with Crippen LogP contribution in [0.3, 0.4) is 0 Å². The molecule has 0 aliphatic heterocycles. The predicted molar refractivity (Wildman–Crippen MR) is 47.7 cm³/mol. The highest BCUT2D eigenvalue weighted by Crippen LogP contribution is 2.15. The minimum Gasteiger partial charge on any atom is -0.382 e. The Balaban J connectivity index is 2.82. The van der Waals surface area contributed by atoms with Crippen LogP contribution in [0.15, 0.2) is 24.5 Å². The summed E-state index contributed by atoms with van der Waals surface area (Å²) in [4.78, 5) is 4.00. The molecule has 1 aromatic heterocycles. The molecule has 1 aromatic rings. The Morgan fingerprint density at radius 3 is 2.92 bits per heavy atom. The van der Waals surface area contributed by atoms with Crippen molar-refractivity contribution < 1.29 is 4.74 Å². The Bertz CT molecular complexity index is 234. The number of nitrogens with two attached hydrogens (primary N) is 1. The molecule has 0 fully saturated rings. The maximum absolute atomic E-state index is 5.98. The van der Waals surface area contributed by atoms with Gasteiger partial charge in [-0.15, -0.1) is 0 Å². The lowest BCUT2D eigenvalue weighted by Crippen LogP contribution is -2.37. The van der Waals surface area contributed by atoms with Crippen LogP contribution >= 0.6 is 0 Å². The summed E-state index contributed by atoms with van der Waals surface area (Å²) >= 11 is 0. The van der Waals surface area contributed by atoms with Crippen molar-refractivity contribution in [1.29, 1.82) is 0 Å². The van der Waals surface area contributed by atoms with Gasteiger partial charge in [0, 0.05) is 19.5 Å². The molecule has 2 N–H and O–H groups in total. The molecule has 3 heteroatoms. The van der Waals surface area contributed by atoms with E-state index in [1.54, 1.807) is 19.5 Å². The molecule has 3 nitrogen and oxygen atoms in total. The second-order valence-corrected chi connectivity index (χ2v) is 3.09. The van der Waals surface area contributed by atoms with E-state index in [1.807, 2.05) is 19.1 Å². The number of hydrogen-bond acceptors (Lipinski definition) is 3. The zero-order valence-corrected chi connectivity index (χ0v) is 7.45. The second-order valence-electron chi connectivity index (χ2n) is 3.09. The van der Waals surface area contributed by atoms with Crippen molar-refractivity contribution in [1.82, 2.24) is 4.98 Å². The molecule has 0 radical (unpaired) electrons. The van der Waals surface area contributed by atoms with E-state index in [2.05, 4.69) is 4.98 Å². The minimum absolute atomic E-state index is 0.441. The largest absolute Gasteiger partial charge is 0.382 e. The number of ether oxygens (including phenoxy) is 1. The number of methoxy groups -OCH3 is 1. The summed E-state index contributed by atoms with van der Waals surface area (Å²) in [5, 5.41) is 0. The highest BCUT2D eigenvalue weighted by atomic mass is 16.5. The molecule has 1 rings (SSSR count). The molecule has 0 spiro atoms. The molecule has 0 aromatic carbocycles. The first kappa shape index (κ1) is 9.16. The number of hydrogen-bond donors (Lipinski definition) is 1. The van der Waals surface area contributed by atoms with Gasteiger partial charge in [0.2, 0.25) is 0 Å². The quantitative estimate of drug-likeness (QED) is 0.725. The van der Waals surface area contributed by atoms with Crippen LogP contribution in [-0.4, -0.2) is 18.7 Å². The van der Waals surface area contributed by atoms with Crippen molar-refractivity contribution in [2.45, 2.75) is 12.5 Å². The van der Waals surface area contributed by atoms with Gasteiger partial charge in [-0.2, -0.15) is 0 Å². The van der Waals surface area contributed by atoms with Crippen molar-refractivity contribution in [2.75, 3.05) is 13.7 Å². The Kier molecular flexibility index (Phi) is 2.78. The molecule has 66 valence electrons. The average molecular weight is 166 g/mol. The van der Waals surface area contributed by atoms with E-state index in [9.17, 15) is 0 Å². The molecule has 0 amide bonds. The van der Waals surface area contributed by atoms with E-state index in [1.165, 1.54) is 0 Å². The van der Waals surface area contributed by atoms with Gasteiger partial charge in [0.05, 0.1) is 12.1 Å². The normalized spacial score (nSPS) is 15.6. The molecule has 12 heavy (non-hydrogen) atoms. The molecule has 1 atom stereocenters. The number of aromatic nitrogens is 1. The molecule has 1 unspecified atom stereocenters. The summed E-state index contributed by atoms with van der Waals surface area (Å²) in [6.45, 7) is 2.42. The van der Waals surface area contributed by atoms with E-state index < -0.39 is 5.54 Å². The first-order valence-electron chi connectivity index (χ1n) is 3.85. The fourth-order valence-corrected chi connectivity index (χ4v) is 1.08. The van der Waals surface area contributed by atoms with E-state index >= 15 is 0 Å². The summed E-state index contributed by atoms with van der Waals surface area (Å²) in [5.74, 6) is 0. The first-order chi connectivity index (χ1) is 5.67. The molecule has 0 bridgehead atoms. The third-order valence-electron chi connectivity index (χ3n) is 1.77. The lowest BCUT2D eigenvalue weighted by Gasteiger charge is -2.23. The molecule has 0 saturated carbocycles. The maximum Gasteiger partial charge on any atom is 0.0682 e. The van der Waals surface area contributed by atoms with Crippen molar-refractivity contribution in [3.63, 3.8) is 0 Å². The zero-order valence-electron chi connectivity index (χ0n) is 7.45. The van der Waals surface area contributed by atoms with E-state index in [0.717, 1.165) is 5.56 Å². The summed E-state index contributed by atoms with van der Waals surface area (Å²) in [7, 11) is 1.64. The minimum atomic E-state index is -0.441. The summed E-state index contributed by atoms with van der Waals surface area (Å²) in [6.07, 6.45) is 3.49. The van der Waals surface area contributed by atoms with E-state index in [-0.39, 0.29) is 0 Å². The van der Waals surface area contributed by atoms with Gasteiger partial charge in [-0.25, -0.2) is 0 Å². The summed E-state index contributed by atoms with van der Waals surface area (Å²) < 4.78 is 5.01. The summed E-state index contributed by atoms with van der Waals surface area (Å²) in [5.41, 5.74) is 6.53. The number of rotatable bonds is 3. The molecular formula is C9H14N2O. The van der Waals surface area contributed by atoms with Crippen LogP contribution in [0.5, 0.6) is 0 Å². The van der Waals surface area contributed by atoms with Crippen LogP contribution in [0.4, 0.5) is 0 Å². The molecule has 0 aliphatic carbocycles. The van der Waals surface area contributed by atoms with Crippen LogP contribution < -0.4 is 5.73 Å². The fourth-order valence-electron chi connectivity index (χ4n) is 1.08. The van der Waals surface area contributed by atoms with Gasteiger partial charge >= 0.3 is 0 Å². The summed E-state index contributed by atoms with van der Waals surface area (Å²) in [6, 6.07) is 3.82. The fraction of sp³-hybridized carbons (Fsp3) is 0.444. The van der Waals surface area contributed by atoms with Gasteiger partial charge in [0.15, 0.2) is 0 Å². The average Bonchev–Trinajstić information content (AvgIpc) is 2.06. The van der Waals surface area contributed by atoms with Crippen molar-refractivity contribution in [3.05, 3.63) is 30.1 Å². The van der Waals surface area contributed by atoms with Crippen LogP contribution in [0.25, 0.3) is 0 Å². The van der Waals surface area contributed by atoms with Gasteiger partial charge < -0.3 is 10.5 Å². The Labute approximate surface area is 72.6 Å². The highest BCUT2D eigenvalue weighted by Gasteiger charge is 2.20. The molecular weight excluding hydrogens is 152 g/mol. The highest BCUT2D eigenvalue weighted by molar-refractivity contribution is 5.18. The van der Waals surface area contributed by atoms with Crippen LogP contribution in [0.2, 0.25) is 0 Å². The lowest BCUT2D eigenvalue weighted by molar-refractivity contribution is 0.141. The Morgan fingerprint density at radius 1 is 1.67 bits per heavy atom. The topological polar surface area (TPSA) is 48.1 Å². The van der Waals surface area contributed by atoms with Crippen LogP contribution in [0.1, 0.15) is 12.5 Å². The number of nitrogens with zero attached hydrogens (tertiary/aromatic N) is 1. The third kappa shape index (κ3) is 2.03. The Morgan fingerprint density at radius 2 is 2.42 bits per heavy atom. The molecule has 0 aliphatic rings. The smallest absolute Gasteiger partial charge is 0.0682 e. The monoisotopic (exact) mass is 166 g/mol. The van der Waals surface area contributed by atoms with E-state index in [0.29, 0.717) is 6.61 Å². The van der Waals surface area contributed by atoms with Gasteiger partial charge in [0.25, 0.3) is 0 Å². The van der Waals surface area contributed by atoms with Crippen LogP contribution in [0, 0.1) is 0 Å². The van der Waals surface area contributed by atoms with Gasteiger partial charge in [-0.1, -0.05) is 6.07 Å². The van der Waals surface area contributed by atoms with Crippen molar-refractivity contribution >= 4 is 0 Å². The van der Waals surface area contributed by atoms with Gasteiger partial charge in [-0.3, -0.25) is 4.98 Å². The Hall–Kier alpha value is -0.930. The second kappa shape index (κ2) is 3.65. The standard InChI is InChI=1S/C9H14N2O/c1-9(10,7-12-2)8-4-3-5-11-6-8/h3-6H,7,10H2,1-2H3. The number of pyridine rings is 1. The van der Waals surface area contributed by atoms with E-state index in [4.69, 9.17) is 10.5 Å². The van der Waals surface area contributed by atoms with Gasteiger partial charge in [0.1, 0.15) is 0 Å². The molecule has 0 saturated heterocycles. The maximum atomic E-state index is 5.98. The molecule has 1 heterocycles. The van der Waals surface area contributed by atoms with Crippen LogP contribution in [-0.2, 0) is 10.3 Å². The van der Waals surface area contributed by atoms with Gasteiger partial charge in [-0.05, 0) is 18.6 Å². The SMILES string of the molecule is COCC(C)(N)c1cccnc1. The van der Waals surface area contributed by atoms with Crippen molar-refractivity contribution in [3.8, 4) is 0 Å². The van der Waals surface area contributed by atoms with Crippen molar-refractivity contribution in [2.24, 2.45) is 5.73 Å². The predicted octanol–water partition coefficient (Wildman–Crippen LogP) is 0.902.